The predicted molar refractivity (Wildman–Crippen MR) is 263 cm³/mol. The monoisotopic (exact) mass is 784 g/mol. The molecule has 0 bridgehead atoms. The van der Waals surface area contributed by atoms with Crippen molar-refractivity contribution in [1.29, 1.82) is 0 Å². The van der Waals surface area contributed by atoms with Gasteiger partial charge in [-0.25, -0.2) is 0 Å². The maximum atomic E-state index is 2.45. The van der Waals surface area contributed by atoms with Crippen LogP contribution in [0.4, 0.5) is 0 Å². The summed E-state index contributed by atoms with van der Waals surface area (Å²) in [7, 11) is 0. The fraction of sp³-hybridized carbons (Fsp3) is 0. The molecule has 0 fully saturated rings. The van der Waals surface area contributed by atoms with Crippen LogP contribution in [0, 0.1) is 0 Å². The highest BCUT2D eigenvalue weighted by atomic mass is 15.0. The number of hydrogen-bond donors (Lipinski definition) is 0. The summed E-state index contributed by atoms with van der Waals surface area (Å²) in [5, 5.41) is 12.7. The molecule has 0 saturated carbocycles. The maximum Gasteiger partial charge on any atom is 0.0547 e. The molecule has 1 aliphatic carbocycles. The van der Waals surface area contributed by atoms with Gasteiger partial charge in [-0.15, -0.1) is 0 Å². The van der Waals surface area contributed by atoms with Gasteiger partial charge in [0.1, 0.15) is 0 Å². The topological polar surface area (TPSA) is 9.86 Å². The van der Waals surface area contributed by atoms with Gasteiger partial charge in [-0.2, -0.15) is 0 Å². The summed E-state index contributed by atoms with van der Waals surface area (Å²) in [4.78, 5) is 0. The molecule has 14 rings (SSSR count). The molecule has 1 aliphatic rings. The summed E-state index contributed by atoms with van der Waals surface area (Å²) < 4.78 is 4.87. The SMILES string of the molecule is c1ccc(-n2c3ccc(-c4ccc5c(c4)c4c6ccccc6ccc4n5-c4ccc(-c5cc6c7c(cccc7c5)-c5ccccc5-6)cc4)cc3c3cc4ccccc4cc32)cc1. The summed E-state index contributed by atoms with van der Waals surface area (Å²) in [5.74, 6) is 0. The van der Waals surface area contributed by atoms with E-state index in [1.165, 1.54) is 126 Å². The zero-order valence-electron chi connectivity index (χ0n) is 33.7. The molecule has 2 nitrogen and oxygen atoms in total. The molecule has 13 aromatic rings. The maximum absolute atomic E-state index is 2.45. The largest absolute Gasteiger partial charge is 0.309 e. The van der Waals surface area contributed by atoms with Crippen LogP contribution in [0.5, 0.6) is 0 Å². The van der Waals surface area contributed by atoms with Crippen LogP contribution in [0.1, 0.15) is 0 Å². The lowest BCUT2D eigenvalue weighted by Gasteiger charge is -2.12. The van der Waals surface area contributed by atoms with Gasteiger partial charge < -0.3 is 9.13 Å². The van der Waals surface area contributed by atoms with Crippen molar-refractivity contribution >= 4 is 75.9 Å². The Morgan fingerprint density at radius 2 is 0.790 bits per heavy atom. The Morgan fingerprint density at radius 1 is 0.226 bits per heavy atom. The summed E-state index contributed by atoms with van der Waals surface area (Å²) >= 11 is 0. The molecule has 0 amide bonds. The van der Waals surface area contributed by atoms with Gasteiger partial charge in [0.05, 0.1) is 22.1 Å². The first-order valence-electron chi connectivity index (χ1n) is 21.5. The van der Waals surface area contributed by atoms with E-state index in [2.05, 4.69) is 228 Å². The van der Waals surface area contributed by atoms with Gasteiger partial charge in [0.15, 0.2) is 0 Å². The lowest BCUT2D eigenvalue weighted by molar-refractivity contribution is 1.18. The molecule has 0 aliphatic heterocycles. The van der Waals surface area contributed by atoms with Gasteiger partial charge in [0.2, 0.25) is 0 Å². The van der Waals surface area contributed by atoms with E-state index in [0.29, 0.717) is 0 Å². The first-order valence-corrected chi connectivity index (χ1v) is 21.5. The number of benzene rings is 11. The molecule has 0 radical (unpaired) electrons. The van der Waals surface area contributed by atoms with Gasteiger partial charge in [-0.1, -0.05) is 140 Å². The van der Waals surface area contributed by atoms with Crippen molar-refractivity contribution in [2.45, 2.75) is 0 Å². The van der Waals surface area contributed by atoms with Gasteiger partial charge in [0.25, 0.3) is 0 Å². The number of rotatable bonds is 4. The molecule has 0 atom stereocenters. The minimum absolute atomic E-state index is 1.15. The normalized spacial score (nSPS) is 12.2. The lowest BCUT2D eigenvalue weighted by atomic mass is 9.96. The van der Waals surface area contributed by atoms with Gasteiger partial charge in [-0.3, -0.25) is 0 Å². The fourth-order valence-electron chi connectivity index (χ4n) is 10.8. The molecule has 11 aromatic carbocycles. The van der Waals surface area contributed by atoms with E-state index in [1.54, 1.807) is 0 Å². The predicted octanol–water partition coefficient (Wildman–Crippen LogP) is 16.3. The standard InChI is InChI=1S/C60H36N2/c1-2-15-45(16-3-1)62-55-28-24-41(33-51(55)52-32-39-12-4-5-13-40(39)36-58(52)62)42-25-29-56-54(34-42)60-47-17-7-6-11-38(47)23-30-57(60)61(56)46-26-21-37(22-27-46)44-31-43-14-10-20-50-48-18-8-9-19-49(48)53(35-44)59(43)50/h1-36H. The Balaban J connectivity index is 0.937. The minimum Gasteiger partial charge on any atom is -0.309 e. The number of fused-ring (bicyclic) bond motifs is 12. The van der Waals surface area contributed by atoms with E-state index in [-0.39, 0.29) is 0 Å². The van der Waals surface area contributed by atoms with Gasteiger partial charge in [-0.05, 0) is 156 Å². The molecule has 0 unspecified atom stereocenters. The molecule has 0 saturated heterocycles. The third kappa shape index (κ3) is 4.75. The second-order valence-electron chi connectivity index (χ2n) is 16.9. The highest BCUT2D eigenvalue weighted by Crippen LogP contribution is 2.49. The first kappa shape index (κ1) is 33.6. The third-order valence-electron chi connectivity index (χ3n) is 13.6. The van der Waals surface area contributed by atoms with Crippen LogP contribution in [-0.4, -0.2) is 9.13 Å². The number of para-hydroxylation sites is 1. The molecule has 0 spiro atoms. The lowest BCUT2D eigenvalue weighted by Crippen LogP contribution is -1.94. The average Bonchev–Trinajstić information content (AvgIpc) is 3.96. The van der Waals surface area contributed by atoms with Gasteiger partial charge >= 0.3 is 0 Å². The second kappa shape index (κ2) is 12.7. The number of nitrogens with zero attached hydrogens (tertiary/aromatic N) is 2. The molecule has 0 N–H and O–H groups in total. The molecule has 2 aromatic heterocycles. The van der Waals surface area contributed by atoms with E-state index < -0.39 is 0 Å². The molecular weight excluding hydrogens is 749 g/mol. The van der Waals surface area contributed by atoms with Crippen LogP contribution in [0.15, 0.2) is 218 Å². The van der Waals surface area contributed by atoms with Gasteiger partial charge in [0, 0.05) is 32.9 Å². The summed E-state index contributed by atoms with van der Waals surface area (Å²) in [6, 6.07) is 81.1. The highest BCUT2D eigenvalue weighted by Gasteiger charge is 2.22. The number of aromatic nitrogens is 2. The smallest absolute Gasteiger partial charge is 0.0547 e. The Morgan fingerprint density at radius 3 is 1.60 bits per heavy atom. The third-order valence-corrected chi connectivity index (χ3v) is 13.6. The minimum atomic E-state index is 1.15. The Labute approximate surface area is 357 Å². The summed E-state index contributed by atoms with van der Waals surface area (Å²) in [5.41, 5.74) is 17.3. The van der Waals surface area contributed by atoms with Crippen molar-refractivity contribution in [3.05, 3.63) is 218 Å². The van der Waals surface area contributed by atoms with Crippen molar-refractivity contribution in [2.75, 3.05) is 0 Å². The van der Waals surface area contributed by atoms with Crippen LogP contribution in [0.3, 0.4) is 0 Å². The average molecular weight is 785 g/mol. The molecule has 2 heterocycles. The van der Waals surface area contributed by atoms with E-state index in [1.807, 2.05) is 0 Å². The Kier molecular flexibility index (Phi) is 6.86. The zero-order chi connectivity index (χ0) is 40.5. The van der Waals surface area contributed by atoms with Crippen molar-refractivity contribution in [2.24, 2.45) is 0 Å². The summed E-state index contributed by atoms with van der Waals surface area (Å²) in [6.45, 7) is 0. The summed E-state index contributed by atoms with van der Waals surface area (Å²) in [6.07, 6.45) is 0. The van der Waals surface area contributed by atoms with Crippen LogP contribution >= 0.6 is 0 Å². The Bertz CT molecular complexity index is 4010. The van der Waals surface area contributed by atoms with Crippen LogP contribution in [0.25, 0.3) is 132 Å². The Hall–Kier alpha value is -8.20. The number of hydrogen-bond acceptors (Lipinski definition) is 0. The van der Waals surface area contributed by atoms with E-state index >= 15 is 0 Å². The highest BCUT2D eigenvalue weighted by molar-refractivity contribution is 6.22. The van der Waals surface area contributed by atoms with Crippen LogP contribution < -0.4 is 0 Å². The molecule has 62 heavy (non-hydrogen) atoms. The van der Waals surface area contributed by atoms with Crippen molar-refractivity contribution in [1.82, 2.24) is 9.13 Å². The quantitative estimate of drug-likeness (QED) is 0.168. The first-order chi connectivity index (χ1) is 30.7. The van der Waals surface area contributed by atoms with Crippen molar-refractivity contribution in [3.63, 3.8) is 0 Å². The van der Waals surface area contributed by atoms with Crippen molar-refractivity contribution < 1.29 is 0 Å². The molecule has 2 heteroatoms. The second-order valence-corrected chi connectivity index (χ2v) is 16.9. The van der Waals surface area contributed by atoms with Crippen LogP contribution in [0.2, 0.25) is 0 Å². The van der Waals surface area contributed by atoms with E-state index in [4.69, 9.17) is 0 Å². The van der Waals surface area contributed by atoms with E-state index in [9.17, 15) is 0 Å². The van der Waals surface area contributed by atoms with Crippen LogP contribution in [-0.2, 0) is 0 Å². The fourth-order valence-corrected chi connectivity index (χ4v) is 10.8. The molecule has 286 valence electrons. The van der Waals surface area contributed by atoms with Crippen molar-refractivity contribution in [3.8, 4) is 55.9 Å². The molecular formula is C60H36N2. The zero-order valence-corrected chi connectivity index (χ0v) is 33.7. The van der Waals surface area contributed by atoms with E-state index in [0.717, 1.165) is 5.69 Å².